The zero-order chi connectivity index (χ0) is 16.0. The normalized spacial score (nSPS) is 12.2. The van der Waals surface area contributed by atoms with E-state index < -0.39 is 0 Å². The van der Waals surface area contributed by atoms with Crippen molar-refractivity contribution in [3.05, 3.63) is 65.7 Å². The third kappa shape index (κ3) is 5.24. The first kappa shape index (κ1) is 16.1. The summed E-state index contributed by atoms with van der Waals surface area (Å²) in [7, 11) is 0. The molecule has 22 heavy (non-hydrogen) atoms. The Morgan fingerprint density at radius 3 is 2.50 bits per heavy atom. The van der Waals surface area contributed by atoms with Crippen molar-refractivity contribution in [3.8, 4) is 0 Å². The Labute approximate surface area is 133 Å². The Morgan fingerprint density at radius 2 is 1.82 bits per heavy atom. The summed E-state index contributed by atoms with van der Waals surface area (Å²) in [5, 5.41) is 3.15. The van der Waals surface area contributed by atoms with Gasteiger partial charge in [-0.05, 0) is 42.0 Å². The van der Waals surface area contributed by atoms with Crippen molar-refractivity contribution in [3.63, 3.8) is 0 Å². The highest BCUT2D eigenvalue weighted by Gasteiger charge is 2.18. The molecular weight excluding hydrogens is 270 g/mol. The van der Waals surface area contributed by atoms with Crippen molar-refractivity contribution in [2.75, 3.05) is 11.9 Å². The van der Waals surface area contributed by atoms with E-state index in [4.69, 9.17) is 5.73 Å². The first-order valence-electron chi connectivity index (χ1n) is 7.62. The third-order valence-corrected chi connectivity index (χ3v) is 3.49. The number of aliphatic imine (C=N–C) groups is 1. The first-order valence-corrected chi connectivity index (χ1v) is 7.62. The zero-order valence-corrected chi connectivity index (χ0v) is 13.6. The van der Waals surface area contributed by atoms with E-state index in [1.54, 1.807) is 0 Å². The van der Waals surface area contributed by atoms with Crippen LogP contribution in [0.25, 0.3) is 0 Å². The Morgan fingerprint density at radius 1 is 1.09 bits per heavy atom. The highest BCUT2D eigenvalue weighted by Crippen LogP contribution is 2.22. The average Bonchev–Trinajstić information content (AvgIpc) is 2.46. The van der Waals surface area contributed by atoms with Gasteiger partial charge in [-0.3, -0.25) is 4.99 Å². The summed E-state index contributed by atoms with van der Waals surface area (Å²) in [5.41, 5.74) is 9.56. The summed E-state index contributed by atoms with van der Waals surface area (Å²) in [6.07, 6.45) is 0.981. The molecule has 0 heterocycles. The van der Waals surface area contributed by atoms with Crippen LogP contribution in [-0.4, -0.2) is 12.5 Å². The Hall–Kier alpha value is -2.29. The van der Waals surface area contributed by atoms with Gasteiger partial charge >= 0.3 is 0 Å². The Bertz CT molecular complexity index is 630. The molecule has 2 aromatic rings. The smallest absolute Gasteiger partial charge is 0.193 e. The van der Waals surface area contributed by atoms with Gasteiger partial charge in [0.05, 0.1) is 0 Å². The van der Waals surface area contributed by atoms with Gasteiger partial charge < -0.3 is 11.1 Å². The van der Waals surface area contributed by atoms with Gasteiger partial charge in [0.1, 0.15) is 0 Å². The predicted octanol–water partition coefficient (Wildman–Crippen LogP) is 3.99. The standard InChI is InChI=1S/C19H25N3/c1-15-8-7-11-17(12-15)22-18(20)21-14-19(2,3)13-16-9-5-4-6-10-16/h4-12H,13-14H2,1-3H3,(H3,20,21,22). The maximum atomic E-state index is 6.00. The molecule has 0 bridgehead atoms. The topological polar surface area (TPSA) is 50.4 Å². The number of guanidine groups is 1. The molecule has 0 unspecified atom stereocenters. The summed E-state index contributed by atoms with van der Waals surface area (Å²) in [4.78, 5) is 4.50. The molecule has 0 fully saturated rings. The summed E-state index contributed by atoms with van der Waals surface area (Å²) in [6.45, 7) is 7.17. The summed E-state index contributed by atoms with van der Waals surface area (Å²) in [5.74, 6) is 0.465. The van der Waals surface area contributed by atoms with Gasteiger partial charge in [0, 0.05) is 12.2 Å². The predicted molar refractivity (Wildman–Crippen MR) is 95.2 cm³/mol. The minimum absolute atomic E-state index is 0.0697. The fourth-order valence-electron chi connectivity index (χ4n) is 2.41. The van der Waals surface area contributed by atoms with E-state index in [2.05, 4.69) is 67.5 Å². The molecule has 0 atom stereocenters. The molecule has 116 valence electrons. The van der Waals surface area contributed by atoms with Crippen LogP contribution >= 0.6 is 0 Å². The summed E-state index contributed by atoms with van der Waals surface area (Å²) >= 11 is 0. The van der Waals surface area contributed by atoms with E-state index in [0.29, 0.717) is 12.5 Å². The maximum absolute atomic E-state index is 6.00. The molecule has 0 spiro atoms. The molecule has 0 amide bonds. The number of rotatable bonds is 5. The molecule has 0 aromatic heterocycles. The number of nitrogens with two attached hydrogens (primary N) is 1. The molecular formula is C19H25N3. The van der Waals surface area contributed by atoms with E-state index >= 15 is 0 Å². The molecule has 3 heteroatoms. The van der Waals surface area contributed by atoms with Gasteiger partial charge in [0.2, 0.25) is 0 Å². The first-order chi connectivity index (χ1) is 10.4. The van der Waals surface area contributed by atoms with Crippen LogP contribution in [-0.2, 0) is 6.42 Å². The minimum atomic E-state index is 0.0697. The van der Waals surface area contributed by atoms with Crippen molar-refractivity contribution in [2.45, 2.75) is 27.2 Å². The van der Waals surface area contributed by atoms with Crippen LogP contribution in [0.15, 0.2) is 59.6 Å². The lowest BCUT2D eigenvalue weighted by molar-refractivity contribution is 0.378. The summed E-state index contributed by atoms with van der Waals surface area (Å²) in [6, 6.07) is 18.6. The van der Waals surface area contributed by atoms with Crippen LogP contribution in [0.2, 0.25) is 0 Å². The molecule has 0 saturated carbocycles. The van der Waals surface area contributed by atoms with E-state index in [9.17, 15) is 0 Å². The van der Waals surface area contributed by atoms with Crippen LogP contribution in [0.5, 0.6) is 0 Å². The molecule has 2 rings (SSSR count). The largest absolute Gasteiger partial charge is 0.370 e. The molecule has 0 aliphatic carbocycles. The Kier molecular flexibility index (Phi) is 5.21. The van der Waals surface area contributed by atoms with Gasteiger partial charge in [-0.25, -0.2) is 0 Å². The van der Waals surface area contributed by atoms with Crippen LogP contribution in [0.4, 0.5) is 5.69 Å². The summed E-state index contributed by atoms with van der Waals surface area (Å²) < 4.78 is 0. The quantitative estimate of drug-likeness (QED) is 0.647. The molecule has 0 radical (unpaired) electrons. The fraction of sp³-hybridized carbons (Fsp3) is 0.316. The number of nitrogens with zero attached hydrogens (tertiary/aromatic N) is 1. The van der Waals surface area contributed by atoms with E-state index in [-0.39, 0.29) is 5.41 Å². The van der Waals surface area contributed by atoms with Crippen LogP contribution in [0.3, 0.4) is 0 Å². The van der Waals surface area contributed by atoms with Gasteiger partial charge in [-0.15, -0.1) is 0 Å². The lowest BCUT2D eigenvalue weighted by atomic mass is 9.86. The molecule has 0 saturated heterocycles. The lowest BCUT2D eigenvalue weighted by Crippen LogP contribution is -2.26. The van der Waals surface area contributed by atoms with Crippen molar-refractivity contribution >= 4 is 11.6 Å². The van der Waals surface area contributed by atoms with Gasteiger partial charge in [0.15, 0.2) is 5.96 Å². The average molecular weight is 295 g/mol. The highest BCUT2D eigenvalue weighted by molar-refractivity contribution is 5.92. The monoisotopic (exact) mass is 295 g/mol. The highest BCUT2D eigenvalue weighted by atomic mass is 15.1. The molecule has 0 aliphatic heterocycles. The maximum Gasteiger partial charge on any atom is 0.193 e. The molecule has 3 nitrogen and oxygen atoms in total. The number of anilines is 1. The van der Waals surface area contributed by atoms with Crippen molar-refractivity contribution in [2.24, 2.45) is 16.1 Å². The number of hydrogen-bond donors (Lipinski definition) is 2. The van der Waals surface area contributed by atoms with Gasteiger partial charge in [-0.1, -0.05) is 56.3 Å². The zero-order valence-electron chi connectivity index (χ0n) is 13.6. The van der Waals surface area contributed by atoms with Crippen molar-refractivity contribution in [1.82, 2.24) is 0 Å². The SMILES string of the molecule is Cc1cccc(NC(N)=NCC(C)(C)Cc2ccccc2)c1. The van der Waals surface area contributed by atoms with E-state index in [0.717, 1.165) is 12.1 Å². The lowest BCUT2D eigenvalue weighted by Gasteiger charge is -2.22. The van der Waals surface area contributed by atoms with Crippen LogP contribution in [0, 0.1) is 12.3 Å². The number of aryl methyl sites for hydroxylation is 1. The second-order valence-electron chi connectivity index (χ2n) is 6.52. The second-order valence-corrected chi connectivity index (χ2v) is 6.52. The van der Waals surface area contributed by atoms with E-state index in [1.165, 1.54) is 11.1 Å². The fourth-order valence-corrected chi connectivity index (χ4v) is 2.41. The second kappa shape index (κ2) is 7.12. The van der Waals surface area contributed by atoms with Crippen LogP contribution in [0.1, 0.15) is 25.0 Å². The number of hydrogen-bond acceptors (Lipinski definition) is 1. The molecule has 2 aromatic carbocycles. The third-order valence-electron chi connectivity index (χ3n) is 3.49. The number of benzene rings is 2. The molecule has 3 N–H and O–H groups in total. The van der Waals surface area contributed by atoms with E-state index in [1.807, 2.05) is 18.2 Å². The van der Waals surface area contributed by atoms with Gasteiger partial charge in [-0.2, -0.15) is 0 Å². The van der Waals surface area contributed by atoms with Crippen LogP contribution < -0.4 is 11.1 Å². The van der Waals surface area contributed by atoms with Crippen molar-refractivity contribution in [1.29, 1.82) is 0 Å². The minimum Gasteiger partial charge on any atom is -0.370 e. The van der Waals surface area contributed by atoms with Gasteiger partial charge in [0.25, 0.3) is 0 Å². The van der Waals surface area contributed by atoms with Crippen molar-refractivity contribution < 1.29 is 0 Å². The Balaban J connectivity index is 1.94. The number of nitrogens with one attached hydrogen (secondary N) is 1. The molecule has 0 aliphatic rings.